The molecule has 0 fully saturated rings. The van der Waals surface area contributed by atoms with Crippen molar-refractivity contribution in [1.29, 1.82) is 0 Å². The van der Waals surface area contributed by atoms with Crippen LogP contribution in [0.15, 0.2) is 0 Å². The second kappa shape index (κ2) is 31.5. The third-order valence-electron chi connectivity index (χ3n) is 7.11. The van der Waals surface area contributed by atoms with Crippen LogP contribution in [0.5, 0.6) is 0 Å². The molecule has 7 nitrogen and oxygen atoms in total. The first-order valence-corrected chi connectivity index (χ1v) is 16.9. The topological polar surface area (TPSA) is 105 Å². The summed E-state index contributed by atoms with van der Waals surface area (Å²) in [5.41, 5.74) is 5.50. The first-order valence-electron chi connectivity index (χ1n) is 16.1. The summed E-state index contributed by atoms with van der Waals surface area (Å²) in [6, 6.07) is 0. The van der Waals surface area contributed by atoms with Gasteiger partial charge in [-0.15, -0.1) is 0 Å². The highest BCUT2D eigenvalue weighted by molar-refractivity contribution is 7.17. The minimum Gasteiger partial charge on any atom is -0.462 e. The van der Waals surface area contributed by atoms with Crippen LogP contribution in [0.1, 0.15) is 161 Å². The van der Waals surface area contributed by atoms with Gasteiger partial charge >= 0.3 is 20.6 Å². The maximum atomic E-state index is 12.2. The molecule has 2 N–H and O–H groups in total. The minimum atomic E-state index is -0.732. The number of esters is 2. The zero-order valence-corrected chi connectivity index (χ0v) is 26.0. The lowest BCUT2D eigenvalue weighted by Crippen LogP contribution is -2.28. The number of rotatable bonds is 31. The Morgan fingerprint density at radius 2 is 1.00 bits per heavy atom. The fraction of sp³-hybridized carbons (Fsp3) is 0.935. The predicted octanol–water partition coefficient (Wildman–Crippen LogP) is 9.01. The molecule has 0 saturated heterocycles. The normalized spacial score (nSPS) is 12.1. The maximum Gasteiger partial charge on any atom is 0.327 e. The van der Waals surface area contributed by atoms with Crippen molar-refractivity contribution < 1.29 is 28.2 Å². The number of nitrogens with two attached hydrogens (primary N) is 1. The van der Waals surface area contributed by atoms with Gasteiger partial charge < -0.3 is 15.2 Å². The standard InChI is InChI=1S/C31H60NO6P/c1-2-3-4-5-6-7-8-9-10-12-16-19-22-25-31(34)38-29(28-37-39-35)27-36-30(33)24-21-18-15-13-11-14-17-20-23-26-32/h29H,2-28,32H2,1H3/t29-/m1/s1. The zero-order valence-electron chi connectivity index (χ0n) is 25.1. The van der Waals surface area contributed by atoms with Crippen molar-refractivity contribution >= 4 is 20.6 Å². The molecule has 0 aromatic rings. The van der Waals surface area contributed by atoms with Gasteiger partial charge in [-0.2, -0.15) is 0 Å². The molecule has 39 heavy (non-hydrogen) atoms. The number of carbonyl (C=O) groups is 2. The van der Waals surface area contributed by atoms with Gasteiger partial charge in [-0.25, -0.2) is 4.57 Å². The van der Waals surface area contributed by atoms with E-state index >= 15 is 0 Å². The fourth-order valence-corrected chi connectivity index (χ4v) is 4.90. The Hall–Kier alpha value is -1.04. The van der Waals surface area contributed by atoms with Gasteiger partial charge in [0.15, 0.2) is 6.10 Å². The molecule has 0 spiro atoms. The average molecular weight is 574 g/mol. The van der Waals surface area contributed by atoms with Crippen LogP contribution >= 0.6 is 8.69 Å². The Kier molecular flexibility index (Phi) is 30.6. The molecule has 0 aliphatic heterocycles. The predicted molar refractivity (Wildman–Crippen MR) is 160 cm³/mol. The number of unbranched alkanes of at least 4 members (excludes halogenated alkanes) is 20. The molecule has 0 heterocycles. The van der Waals surface area contributed by atoms with Crippen LogP contribution in [0.4, 0.5) is 0 Å². The Labute approximate surface area is 241 Å². The monoisotopic (exact) mass is 573 g/mol. The molecule has 0 aromatic carbocycles. The molecular formula is C31H60NO6P. The van der Waals surface area contributed by atoms with Gasteiger partial charge in [0.25, 0.3) is 0 Å². The van der Waals surface area contributed by atoms with Crippen LogP contribution in [-0.2, 0) is 28.2 Å². The van der Waals surface area contributed by atoms with Gasteiger partial charge in [0, 0.05) is 12.8 Å². The van der Waals surface area contributed by atoms with Gasteiger partial charge in [-0.3, -0.25) is 14.1 Å². The number of hydrogen-bond donors (Lipinski definition) is 1. The molecule has 0 aromatic heterocycles. The second-order valence-corrected chi connectivity index (χ2v) is 11.3. The average Bonchev–Trinajstić information content (AvgIpc) is 2.93. The quantitative estimate of drug-likeness (QED) is 0.0501. The highest BCUT2D eigenvalue weighted by Gasteiger charge is 2.17. The molecular weight excluding hydrogens is 513 g/mol. The van der Waals surface area contributed by atoms with Crippen molar-refractivity contribution in [3.63, 3.8) is 0 Å². The Morgan fingerprint density at radius 3 is 1.44 bits per heavy atom. The summed E-state index contributed by atoms with van der Waals surface area (Å²) in [4.78, 5) is 24.3. The van der Waals surface area contributed by atoms with E-state index in [4.69, 9.17) is 19.7 Å². The zero-order chi connectivity index (χ0) is 28.7. The number of carbonyl (C=O) groups excluding carboxylic acids is 2. The van der Waals surface area contributed by atoms with E-state index in [-0.39, 0.29) is 25.2 Å². The second-order valence-electron chi connectivity index (χ2n) is 10.9. The molecule has 0 unspecified atom stereocenters. The van der Waals surface area contributed by atoms with Crippen LogP contribution in [-0.4, -0.2) is 37.8 Å². The lowest BCUT2D eigenvalue weighted by molar-refractivity contribution is -0.160. The molecule has 0 aliphatic rings. The van der Waals surface area contributed by atoms with Gasteiger partial charge in [-0.1, -0.05) is 129 Å². The van der Waals surface area contributed by atoms with E-state index in [0.29, 0.717) is 12.8 Å². The summed E-state index contributed by atoms with van der Waals surface area (Å²) in [6.45, 7) is 2.91. The largest absolute Gasteiger partial charge is 0.462 e. The lowest BCUT2D eigenvalue weighted by Gasteiger charge is -2.16. The Bertz CT molecular complexity index is 563. The molecule has 0 amide bonds. The highest BCUT2D eigenvalue weighted by Crippen LogP contribution is 2.14. The Morgan fingerprint density at radius 1 is 0.590 bits per heavy atom. The summed E-state index contributed by atoms with van der Waals surface area (Å²) in [5, 5.41) is 0. The Balaban J connectivity index is 3.77. The number of ether oxygens (including phenoxy) is 2. The van der Waals surface area contributed by atoms with Crippen molar-refractivity contribution in [2.24, 2.45) is 5.73 Å². The van der Waals surface area contributed by atoms with Crippen LogP contribution in [0, 0.1) is 0 Å². The van der Waals surface area contributed by atoms with Crippen molar-refractivity contribution in [2.45, 2.75) is 167 Å². The van der Waals surface area contributed by atoms with Gasteiger partial charge in [-0.05, 0) is 25.8 Å². The molecule has 0 aliphatic carbocycles. The molecule has 0 bridgehead atoms. The first kappa shape index (κ1) is 38.0. The molecule has 0 saturated carbocycles. The summed E-state index contributed by atoms with van der Waals surface area (Å²) in [6.07, 6.45) is 26.4. The van der Waals surface area contributed by atoms with Crippen molar-refractivity contribution in [3.05, 3.63) is 0 Å². The number of hydrogen-bond acceptors (Lipinski definition) is 7. The van der Waals surface area contributed by atoms with Crippen LogP contribution in [0.3, 0.4) is 0 Å². The molecule has 0 rings (SSSR count). The third-order valence-corrected chi connectivity index (χ3v) is 7.37. The fourth-order valence-electron chi connectivity index (χ4n) is 4.67. The van der Waals surface area contributed by atoms with E-state index in [0.717, 1.165) is 51.5 Å². The molecule has 8 heteroatoms. The van der Waals surface area contributed by atoms with Gasteiger partial charge in [0.1, 0.15) is 13.2 Å². The van der Waals surface area contributed by atoms with E-state index in [2.05, 4.69) is 6.92 Å². The van der Waals surface area contributed by atoms with E-state index in [9.17, 15) is 14.2 Å². The van der Waals surface area contributed by atoms with E-state index in [1.165, 1.54) is 96.3 Å². The minimum absolute atomic E-state index is 0.0615. The smallest absolute Gasteiger partial charge is 0.327 e. The van der Waals surface area contributed by atoms with Gasteiger partial charge in [0.05, 0.1) is 0 Å². The van der Waals surface area contributed by atoms with E-state index in [1.54, 1.807) is 0 Å². The molecule has 1 atom stereocenters. The molecule has 230 valence electrons. The third kappa shape index (κ3) is 29.8. The summed E-state index contributed by atoms with van der Waals surface area (Å²) < 4.78 is 26.3. The lowest BCUT2D eigenvalue weighted by atomic mass is 10.0. The van der Waals surface area contributed by atoms with Crippen LogP contribution < -0.4 is 5.73 Å². The van der Waals surface area contributed by atoms with Crippen molar-refractivity contribution in [3.8, 4) is 0 Å². The summed E-state index contributed by atoms with van der Waals surface area (Å²) >= 11 is 0. The van der Waals surface area contributed by atoms with Crippen LogP contribution in [0.25, 0.3) is 0 Å². The van der Waals surface area contributed by atoms with Crippen molar-refractivity contribution in [2.75, 3.05) is 19.8 Å². The van der Waals surface area contributed by atoms with E-state index in [1.807, 2.05) is 0 Å². The summed E-state index contributed by atoms with van der Waals surface area (Å²) in [5.74, 6) is -0.623. The highest BCUT2D eigenvalue weighted by atomic mass is 31.1. The van der Waals surface area contributed by atoms with Crippen molar-refractivity contribution in [1.82, 2.24) is 0 Å². The first-order chi connectivity index (χ1) is 19.1. The molecule has 0 radical (unpaired) electrons. The van der Waals surface area contributed by atoms with E-state index < -0.39 is 14.8 Å². The SMILES string of the molecule is CCCCCCCCCCCCCCCC(=O)O[C@@H](COP=O)COC(=O)CCCCCCCCCCCN. The maximum absolute atomic E-state index is 12.2. The summed E-state index contributed by atoms with van der Waals surface area (Å²) in [7, 11) is -0.486. The van der Waals surface area contributed by atoms with Gasteiger partial charge in [0.2, 0.25) is 0 Å². The van der Waals surface area contributed by atoms with Crippen LogP contribution in [0.2, 0.25) is 0 Å².